The minimum atomic E-state index is -4.38. The van der Waals surface area contributed by atoms with Gasteiger partial charge in [-0.1, -0.05) is 12.1 Å². The Labute approximate surface area is 113 Å². The lowest BCUT2D eigenvalue weighted by Gasteiger charge is -2.10. The lowest BCUT2D eigenvalue weighted by molar-refractivity contribution is -0.140. The van der Waals surface area contributed by atoms with Gasteiger partial charge in [0.2, 0.25) is 0 Å². The molecule has 1 atom stereocenters. The molecule has 1 heterocycles. The van der Waals surface area contributed by atoms with Crippen LogP contribution in [0.3, 0.4) is 0 Å². The number of ether oxygens (including phenoxy) is 1. The number of hydrogen-bond acceptors (Lipinski definition) is 4. The first kappa shape index (κ1) is 14.4. The fourth-order valence-electron chi connectivity index (χ4n) is 1.69. The second kappa shape index (κ2) is 5.54. The molecule has 0 bridgehead atoms. The standard InChI is InChI=1S/C13H12F3NO3/c1-2-19-12(18)10-7-11(20-17-10)8-3-5-9(6-4-8)13(14,15)16/h3-7,11,17H,2H2,1H3. The average molecular weight is 287 g/mol. The molecule has 0 fully saturated rings. The number of nitrogens with one attached hydrogen (secondary N) is 1. The summed E-state index contributed by atoms with van der Waals surface area (Å²) in [5.74, 6) is -0.568. The molecule has 4 nitrogen and oxygen atoms in total. The summed E-state index contributed by atoms with van der Waals surface area (Å²) < 4.78 is 42.1. The van der Waals surface area contributed by atoms with Gasteiger partial charge in [0, 0.05) is 0 Å². The summed E-state index contributed by atoms with van der Waals surface area (Å²) in [5.41, 5.74) is 2.30. The van der Waals surface area contributed by atoms with Gasteiger partial charge in [-0.3, -0.25) is 10.3 Å². The molecule has 0 amide bonds. The maximum absolute atomic E-state index is 12.4. The number of halogens is 3. The number of hydrogen-bond donors (Lipinski definition) is 1. The van der Waals surface area contributed by atoms with Crippen LogP contribution in [0.1, 0.15) is 24.2 Å². The average Bonchev–Trinajstić information content (AvgIpc) is 2.88. The summed E-state index contributed by atoms with van der Waals surface area (Å²) >= 11 is 0. The van der Waals surface area contributed by atoms with Crippen molar-refractivity contribution in [2.45, 2.75) is 19.2 Å². The Morgan fingerprint density at radius 1 is 1.35 bits per heavy atom. The fraction of sp³-hybridized carbons (Fsp3) is 0.308. The summed E-state index contributed by atoms with van der Waals surface area (Å²) in [5, 5.41) is 0. The van der Waals surface area contributed by atoms with E-state index in [-0.39, 0.29) is 12.3 Å². The Kier molecular flexibility index (Phi) is 3.99. The molecule has 1 aliphatic rings. The summed E-state index contributed by atoms with van der Waals surface area (Å²) in [4.78, 5) is 16.5. The second-order valence-electron chi connectivity index (χ2n) is 4.06. The Bertz CT molecular complexity index is 523. The van der Waals surface area contributed by atoms with Gasteiger partial charge < -0.3 is 4.74 Å². The molecule has 0 saturated heterocycles. The van der Waals surface area contributed by atoms with E-state index < -0.39 is 23.8 Å². The van der Waals surface area contributed by atoms with Crippen molar-refractivity contribution in [2.75, 3.05) is 6.61 Å². The molecule has 20 heavy (non-hydrogen) atoms. The molecule has 0 saturated carbocycles. The molecule has 108 valence electrons. The van der Waals surface area contributed by atoms with Crippen LogP contribution in [0.5, 0.6) is 0 Å². The molecular weight excluding hydrogens is 275 g/mol. The Morgan fingerprint density at radius 2 is 2.00 bits per heavy atom. The van der Waals surface area contributed by atoms with E-state index in [0.717, 1.165) is 12.1 Å². The minimum absolute atomic E-state index is 0.136. The zero-order chi connectivity index (χ0) is 14.8. The van der Waals surface area contributed by atoms with Gasteiger partial charge in [-0.05, 0) is 30.7 Å². The predicted molar refractivity (Wildman–Crippen MR) is 63.1 cm³/mol. The van der Waals surface area contributed by atoms with Crippen molar-refractivity contribution in [3.63, 3.8) is 0 Å². The first-order chi connectivity index (χ1) is 9.41. The zero-order valence-electron chi connectivity index (χ0n) is 10.5. The topological polar surface area (TPSA) is 47.6 Å². The highest BCUT2D eigenvalue weighted by molar-refractivity contribution is 5.88. The molecule has 1 aromatic carbocycles. The van der Waals surface area contributed by atoms with Crippen molar-refractivity contribution in [3.05, 3.63) is 47.2 Å². The van der Waals surface area contributed by atoms with E-state index in [1.807, 2.05) is 0 Å². The van der Waals surface area contributed by atoms with Crippen molar-refractivity contribution >= 4 is 5.97 Å². The molecule has 2 rings (SSSR count). The third kappa shape index (κ3) is 3.11. The first-order valence-electron chi connectivity index (χ1n) is 5.89. The summed E-state index contributed by atoms with van der Waals surface area (Å²) in [7, 11) is 0. The highest BCUT2D eigenvalue weighted by Gasteiger charge is 2.31. The molecule has 7 heteroatoms. The highest BCUT2D eigenvalue weighted by atomic mass is 19.4. The van der Waals surface area contributed by atoms with Crippen LogP contribution >= 0.6 is 0 Å². The van der Waals surface area contributed by atoms with Crippen molar-refractivity contribution in [1.29, 1.82) is 0 Å². The maximum atomic E-state index is 12.4. The minimum Gasteiger partial charge on any atom is -0.461 e. The van der Waals surface area contributed by atoms with Crippen molar-refractivity contribution in [3.8, 4) is 0 Å². The van der Waals surface area contributed by atoms with E-state index in [9.17, 15) is 18.0 Å². The molecule has 0 aliphatic carbocycles. The number of esters is 1. The van der Waals surface area contributed by atoms with Crippen LogP contribution in [0.15, 0.2) is 36.0 Å². The SMILES string of the molecule is CCOC(=O)C1=CC(c2ccc(C(F)(F)F)cc2)ON1. The van der Waals surface area contributed by atoms with Crippen LogP contribution in [-0.4, -0.2) is 12.6 Å². The molecule has 1 N–H and O–H groups in total. The number of hydroxylamine groups is 1. The second-order valence-corrected chi connectivity index (χ2v) is 4.06. The van der Waals surface area contributed by atoms with Crippen LogP contribution in [-0.2, 0) is 20.5 Å². The van der Waals surface area contributed by atoms with E-state index in [2.05, 4.69) is 5.48 Å². The van der Waals surface area contributed by atoms with Crippen LogP contribution in [0.25, 0.3) is 0 Å². The number of carbonyl (C=O) groups is 1. The molecular formula is C13H12F3NO3. The van der Waals surface area contributed by atoms with E-state index in [1.54, 1.807) is 6.92 Å². The fourth-order valence-corrected chi connectivity index (χ4v) is 1.69. The van der Waals surface area contributed by atoms with Gasteiger partial charge in [-0.2, -0.15) is 13.2 Å². The van der Waals surface area contributed by atoms with Gasteiger partial charge in [0.15, 0.2) is 0 Å². The molecule has 0 spiro atoms. The van der Waals surface area contributed by atoms with Gasteiger partial charge in [0.25, 0.3) is 0 Å². The van der Waals surface area contributed by atoms with Gasteiger partial charge in [0.05, 0.1) is 12.2 Å². The van der Waals surface area contributed by atoms with E-state index >= 15 is 0 Å². The Hall–Kier alpha value is -2.02. The number of carbonyl (C=O) groups excluding carboxylic acids is 1. The van der Waals surface area contributed by atoms with Crippen LogP contribution in [0, 0.1) is 0 Å². The van der Waals surface area contributed by atoms with Gasteiger partial charge in [0.1, 0.15) is 11.8 Å². The molecule has 1 aliphatic heterocycles. The quantitative estimate of drug-likeness (QED) is 0.868. The van der Waals surface area contributed by atoms with E-state index in [1.165, 1.54) is 18.2 Å². The first-order valence-corrected chi connectivity index (χ1v) is 5.89. The maximum Gasteiger partial charge on any atom is 0.416 e. The number of rotatable bonds is 3. The van der Waals surface area contributed by atoms with E-state index in [4.69, 9.17) is 9.57 Å². The van der Waals surface area contributed by atoms with Gasteiger partial charge in [-0.15, -0.1) is 0 Å². The number of benzene rings is 1. The molecule has 0 aromatic heterocycles. The van der Waals surface area contributed by atoms with Crippen molar-refractivity contribution < 1.29 is 27.5 Å². The van der Waals surface area contributed by atoms with Crippen molar-refractivity contribution in [2.24, 2.45) is 0 Å². The largest absolute Gasteiger partial charge is 0.461 e. The monoisotopic (exact) mass is 287 g/mol. The van der Waals surface area contributed by atoms with Gasteiger partial charge >= 0.3 is 12.1 Å². The predicted octanol–water partition coefficient (Wildman–Crippen LogP) is 2.73. The third-order valence-corrected chi connectivity index (χ3v) is 2.68. The third-order valence-electron chi connectivity index (χ3n) is 2.68. The van der Waals surface area contributed by atoms with Crippen LogP contribution < -0.4 is 5.48 Å². The van der Waals surface area contributed by atoms with Crippen molar-refractivity contribution in [1.82, 2.24) is 5.48 Å². The van der Waals surface area contributed by atoms with Crippen LogP contribution in [0.2, 0.25) is 0 Å². The van der Waals surface area contributed by atoms with Crippen LogP contribution in [0.4, 0.5) is 13.2 Å². The molecule has 1 aromatic rings. The lowest BCUT2D eigenvalue weighted by Crippen LogP contribution is -2.17. The van der Waals surface area contributed by atoms with Gasteiger partial charge in [-0.25, -0.2) is 4.79 Å². The Balaban J connectivity index is 2.12. The zero-order valence-corrected chi connectivity index (χ0v) is 10.5. The molecule has 1 unspecified atom stereocenters. The summed E-state index contributed by atoms with van der Waals surface area (Å²) in [6, 6.07) is 4.54. The Morgan fingerprint density at radius 3 is 2.55 bits per heavy atom. The smallest absolute Gasteiger partial charge is 0.416 e. The number of alkyl halides is 3. The highest BCUT2D eigenvalue weighted by Crippen LogP contribution is 2.31. The summed E-state index contributed by atoms with van der Waals surface area (Å²) in [6.07, 6.45) is -3.54. The lowest BCUT2D eigenvalue weighted by atomic mass is 10.1. The summed E-state index contributed by atoms with van der Waals surface area (Å²) in [6.45, 7) is 1.89. The normalized spacial score (nSPS) is 18.4. The molecule has 0 radical (unpaired) electrons. The van der Waals surface area contributed by atoms with E-state index in [0.29, 0.717) is 5.56 Å².